The predicted molar refractivity (Wildman–Crippen MR) is 80.2 cm³/mol. The molecule has 8 nitrogen and oxygen atoms in total. The predicted octanol–water partition coefficient (Wildman–Crippen LogP) is 1.55. The fourth-order valence-electron chi connectivity index (χ4n) is 1.80. The molecule has 21 heavy (non-hydrogen) atoms. The van der Waals surface area contributed by atoms with E-state index in [1.54, 1.807) is 0 Å². The largest absolute Gasteiger partial charge is 0.324 e. The van der Waals surface area contributed by atoms with E-state index in [2.05, 4.69) is 5.43 Å². The molecular weight excluding hydrogens is 296 g/mol. The number of rotatable bonds is 7. The van der Waals surface area contributed by atoms with Crippen LogP contribution in [0.1, 0.15) is 20.3 Å². The molecule has 1 atom stereocenters. The third kappa shape index (κ3) is 3.90. The molecule has 0 heterocycles. The van der Waals surface area contributed by atoms with Crippen molar-refractivity contribution in [2.45, 2.75) is 25.2 Å². The number of nitro benzene ring substituents is 1. The third-order valence-corrected chi connectivity index (χ3v) is 5.15. The Balaban J connectivity index is 3.27. The second kappa shape index (κ2) is 6.83. The van der Waals surface area contributed by atoms with E-state index < -0.39 is 20.6 Å². The quantitative estimate of drug-likeness (QED) is 0.447. The summed E-state index contributed by atoms with van der Waals surface area (Å²) in [6, 6.07) is 3.68. The van der Waals surface area contributed by atoms with Crippen LogP contribution in [-0.2, 0) is 10.0 Å². The van der Waals surface area contributed by atoms with E-state index >= 15 is 0 Å². The van der Waals surface area contributed by atoms with Gasteiger partial charge in [-0.05, 0) is 18.1 Å². The van der Waals surface area contributed by atoms with Gasteiger partial charge in [0.15, 0.2) is 4.90 Å². The number of nitrogen functional groups attached to an aromatic ring is 1. The molecule has 0 radical (unpaired) electrons. The number of nitrogens with zero attached hydrogens (tertiary/aromatic N) is 2. The topological polar surface area (TPSA) is 119 Å². The smallest absolute Gasteiger partial charge is 0.291 e. The molecule has 0 aliphatic rings. The summed E-state index contributed by atoms with van der Waals surface area (Å²) < 4.78 is 26.1. The van der Waals surface area contributed by atoms with Crippen LogP contribution in [0.15, 0.2) is 23.1 Å². The van der Waals surface area contributed by atoms with Crippen molar-refractivity contribution in [3.63, 3.8) is 0 Å². The van der Waals surface area contributed by atoms with Crippen molar-refractivity contribution < 1.29 is 13.3 Å². The van der Waals surface area contributed by atoms with Crippen molar-refractivity contribution in [1.82, 2.24) is 4.31 Å². The third-order valence-electron chi connectivity index (χ3n) is 3.28. The number of nitrogens with two attached hydrogens (primary N) is 1. The van der Waals surface area contributed by atoms with Gasteiger partial charge in [-0.15, -0.1) is 0 Å². The van der Waals surface area contributed by atoms with Gasteiger partial charge in [0.2, 0.25) is 10.0 Å². The summed E-state index contributed by atoms with van der Waals surface area (Å²) >= 11 is 0. The molecule has 0 spiro atoms. The van der Waals surface area contributed by atoms with E-state index in [1.165, 1.54) is 19.2 Å². The van der Waals surface area contributed by atoms with Crippen LogP contribution < -0.4 is 11.3 Å². The van der Waals surface area contributed by atoms with E-state index in [9.17, 15) is 18.5 Å². The first-order valence-electron chi connectivity index (χ1n) is 6.45. The molecule has 118 valence electrons. The summed E-state index contributed by atoms with van der Waals surface area (Å²) in [4.78, 5) is 10.0. The van der Waals surface area contributed by atoms with Crippen LogP contribution in [0.5, 0.6) is 0 Å². The van der Waals surface area contributed by atoms with Gasteiger partial charge in [0, 0.05) is 19.7 Å². The summed E-state index contributed by atoms with van der Waals surface area (Å²) in [5, 5.41) is 11.1. The normalized spacial score (nSPS) is 13.2. The minimum atomic E-state index is -3.92. The highest BCUT2D eigenvalue weighted by molar-refractivity contribution is 7.89. The van der Waals surface area contributed by atoms with E-state index in [0.29, 0.717) is 6.54 Å². The molecule has 1 unspecified atom stereocenters. The highest BCUT2D eigenvalue weighted by Crippen LogP contribution is 2.29. The Bertz CT molecular complexity index is 618. The first-order valence-corrected chi connectivity index (χ1v) is 7.89. The number of sulfonamides is 1. The second-order valence-corrected chi connectivity index (χ2v) is 6.90. The average molecular weight is 316 g/mol. The molecule has 0 aliphatic heterocycles. The molecule has 0 amide bonds. The lowest BCUT2D eigenvalue weighted by molar-refractivity contribution is -0.387. The summed E-state index contributed by atoms with van der Waals surface area (Å²) in [5.74, 6) is 5.35. The van der Waals surface area contributed by atoms with Crippen LogP contribution in [0.4, 0.5) is 11.4 Å². The van der Waals surface area contributed by atoms with Crippen molar-refractivity contribution in [3.8, 4) is 0 Å². The van der Waals surface area contributed by atoms with Crippen molar-refractivity contribution in [2.75, 3.05) is 19.0 Å². The Kier molecular flexibility index (Phi) is 5.64. The van der Waals surface area contributed by atoms with Crippen LogP contribution >= 0.6 is 0 Å². The minimum absolute atomic E-state index is 0.161. The average Bonchev–Trinajstić information content (AvgIpc) is 2.45. The Morgan fingerprint density at radius 3 is 2.57 bits per heavy atom. The van der Waals surface area contributed by atoms with Gasteiger partial charge in [-0.25, -0.2) is 12.7 Å². The summed E-state index contributed by atoms with van der Waals surface area (Å²) in [7, 11) is -2.50. The zero-order chi connectivity index (χ0) is 16.2. The van der Waals surface area contributed by atoms with Crippen LogP contribution in [0.3, 0.4) is 0 Å². The maximum Gasteiger partial charge on any atom is 0.291 e. The van der Waals surface area contributed by atoms with Gasteiger partial charge in [0.05, 0.1) is 10.6 Å². The Morgan fingerprint density at radius 1 is 1.48 bits per heavy atom. The van der Waals surface area contributed by atoms with Gasteiger partial charge in [-0.1, -0.05) is 20.3 Å². The Hall–Kier alpha value is -1.71. The second-order valence-electron chi connectivity index (χ2n) is 4.88. The molecule has 0 aromatic heterocycles. The minimum Gasteiger partial charge on any atom is -0.324 e. The monoisotopic (exact) mass is 316 g/mol. The van der Waals surface area contributed by atoms with Gasteiger partial charge in [-0.3, -0.25) is 16.0 Å². The van der Waals surface area contributed by atoms with E-state index in [0.717, 1.165) is 16.8 Å². The molecule has 1 rings (SSSR count). The van der Waals surface area contributed by atoms with Crippen LogP contribution in [0.25, 0.3) is 0 Å². The molecule has 0 saturated heterocycles. The molecule has 0 fully saturated rings. The van der Waals surface area contributed by atoms with E-state index in [1.807, 2.05) is 13.8 Å². The fourth-order valence-corrected chi connectivity index (χ4v) is 3.23. The van der Waals surface area contributed by atoms with Gasteiger partial charge in [-0.2, -0.15) is 0 Å². The Labute approximate surface area is 124 Å². The van der Waals surface area contributed by atoms with Gasteiger partial charge >= 0.3 is 0 Å². The molecule has 3 N–H and O–H groups in total. The highest BCUT2D eigenvalue weighted by Gasteiger charge is 2.30. The summed E-state index contributed by atoms with van der Waals surface area (Å²) in [5.41, 5.74) is 2.03. The van der Waals surface area contributed by atoms with Gasteiger partial charge in [0.25, 0.3) is 5.69 Å². The fraction of sp³-hybridized carbons (Fsp3) is 0.500. The lowest BCUT2D eigenvalue weighted by atomic mass is 10.1. The van der Waals surface area contributed by atoms with Crippen LogP contribution in [-0.4, -0.2) is 31.2 Å². The molecule has 1 aromatic rings. The first kappa shape index (κ1) is 17.3. The van der Waals surface area contributed by atoms with Crippen molar-refractivity contribution in [3.05, 3.63) is 28.3 Å². The maximum atomic E-state index is 12.5. The Morgan fingerprint density at radius 2 is 2.10 bits per heavy atom. The maximum absolute atomic E-state index is 12.5. The lowest BCUT2D eigenvalue weighted by Crippen LogP contribution is -2.31. The molecule has 0 aliphatic carbocycles. The number of hydrogen-bond acceptors (Lipinski definition) is 6. The van der Waals surface area contributed by atoms with E-state index in [4.69, 9.17) is 5.84 Å². The van der Waals surface area contributed by atoms with Crippen LogP contribution in [0, 0.1) is 16.0 Å². The summed E-state index contributed by atoms with van der Waals surface area (Å²) in [6.45, 7) is 4.17. The molecule has 9 heteroatoms. The lowest BCUT2D eigenvalue weighted by Gasteiger charge is -2.20. The molecular formula is C12H20N4O4S. The standard InChI is InChI=1S/C12H20N4O4S/c1-4-9(2)8-15(3)21(19,20)12-6-5-10(14-13)7-11(12)16(17)18/h5-7,9,14H,4,8,13H2,1-3H3. The molecule has 0 saturated carbocycles. The van der Waals surface area contributed by atoms with Crippen molar-refractivity contribution >= 4 is 21.4 Å². The highest BCUT2D eigenvalue weighted by atomic mass is 32.2. The number of hydrazine groups is 1. The SMILES string of the molecule is CCC(C)CN(C)S(=O)(=O)c1ccc(NN)cc1[N+](=O)[O-]. The number of hydrogen-bond donors (Lipinski definition) is 2. The number of anilines is 1. The van der Waals surface area contributed by atoms with E-state index in [-0.39, 0.29) is 16.5 Å². The van der Waals surface area contributed by atoms with Gasteiger partial charge < -0.3 is 5.43 Å². The van der Waals surface area contributed by atoms with Crippen LogP contribution in [0.2, 0.25) is 0 Å². The molecule has 1 aromatic carbocycles. The van der Waals surface area contributed by atoms with Crippen molar-refractivity contribution in [2.24, 2.45) is 11.8 Å². The zero-order valence-corrected chi connectivity index (χ0v) is 13.1. The first-order chi connectivity index (χ1) is 9.73. The number of benzene rings is 1. The van der Waals surface area contributed by atoms with Gasteiger partial charge in [0.1, 0.15) is 0 Å². The summed E-state index contributed by atoms with van der Waals surface area (Å²) in [6.07, 6.45) is 0.817. The number of nitro groups is 1. The molecule has 0 bridgehead atoms. The zero-order valence-electron chi connectivity index (χ0n) is 12.2. The van der Waals surface area contributed by atoms with Crippen molar-refractivity contribution in [1.29, 1.82) is 0 Å². The number of nitrogens with one attached hydrogen (secondary N) is 1.